The summed E-state index contributed by atoms with van der Waals surface area (Å²) >= 11 is 1.12. The summed E-state index contributed by atoms with van der Waals surface area (Å²) in [5, 5.41) is 0. The lowest BCUT2D eigenvalue weighted by molar-refractivity contribution is -0.344. The lowest BCUT2D eigenvalue weighted by Crippen LogP contribution is -2.52. The van der Waals surface area contributed by atoms with Crippen molar-refractivity contribution < 1.29 is 30.7 Å². The van der Waals surface area contributed by atoms with Crippen molar-refractivity contribution in [2.45, 2.75) is 31.4 Å². The van der Waals surface area contributed by atoms with Crippen molar-refractivity contribution in [2.24, 2.45) is 0 Å². The molecule has 0 atom stereocenters. The third kappa shape index (κ3) is 3.80. The van der Waals surface area contributed by atoms with Crippen LogP contribution in [0.1, 0.15) is 13.3 Å². The standard InChI is InChI=1S/C10H12F7S/c1-3-5-18-6-4-7(2)8(11,12)9(13,14)10(15,16)17/h4H,1,3,5-6H2,2H3. The largest absolute Gasteiger partial charge is 0.460 e. The van der Waals surface area contributed by atoms with Gasteiger partial charge in [-0.2, -0.15) is 42.5 Å². The van der Waals surface area contributed by atoms with Gasteiger partial charge in [0.25, 0.3) is 0 Å². The maximum atomic E-state index is 13.0. The van der Waals surface area contributed by atoms with E-state index in [4.69, 9.17) is 0 Å². The van der Waals surface area contributed by atoms with E-state index >= 15 is 0 Å². The fourth-order valence-electron chi connectivity index (χ4n) is 0.923. The van der Waals surface area contributed by atoms with E-state index in [1.807, 2.05) is 0 Å². The molecule has 0 amide bonds. The van der Waals surface area contributed by atoms with Gasteiger partial charge in [0.1, 0.15) is 0 Å². The number of thioether (sulfide) groups is 1. The lowest BCUT2D eigenvalue weighted by atomic mass is 10.0. The van der Waals surface area contributed by atoms with Crippen LogP contribution in [-0.2, 0) is 0 Å². The van der Waals surface area contributed by atoms with Crippen molar-refractivity contribution in [2.75, 3.05) is 11.5 Å². The summed E-state index contributed by atoms with van der Waals surface area (Å²) in [6, 6.07) is 0. The molecule has 0 aromatic rings. The molecule has 18 heavy (non-hydrogen) atoms. The van der Waals surface area contributed by atoms with Crippen molar-refractivity contribution in [1.82, 2.24) is 0 Å². The minimum Gasteiger partial charge on any atom is -0.194 e. The van der Waals surface area contributed by atoms with Gasteiger partial charge in [-0.1, -0.05) is 13.0 Å². The zero-order chi connectivity index (χ0) is 14.6. The van der Waals surface area contributed by atoms with E-state index in [1.165, 1.54) is 0 Å². The van der Waals surface area contributed by atoms with Crippen LogP contribution in [0.4, 0.5) is 30.7 Å². The number of halogens is 7. The first kappa shape index (κ1) is 17.6. The van der Waals surface area contributed by atoms with Crippen molar-refractivity contribution in [3.8, 4) is 0 Å². The Bertz CT molecular complexity index is 293. The molecule has 0 saturated heterocycles. The van der Waals surface area contributed by atoms with Gasteiger partial charge in [0, 0.05) is 5.75 Å². The molecular formula is C10H12F7S. The van der Waals surface area contributed by atoms with E-state index in [1.54, 1.807) is 0 Å². The van der Waals surface area contributed by atoms with E-state index in [-0.39, 0.29) is 5.75 Å². The summed E-state index contributed by atoms with van der Waals surface area (Å²) in [7, 11) is 0. The quantitative estimate of drug-likeness (QED) is 0.388. The van der Waals surface area contributed by atoms with E-state index < -0.39 is 23.6 Å². The van der Waals surface area contributed by atoms with Crippen molar-refractivity contribution in [3.05, 3.63) is 18.6 Å². The number of hydrogen-bond donors (Lipinski definition) is 0. The summed E-state index contributed by atoms with van der Waals surface area (Å²) in [5.41, 5.74) is -1.29. The summed E-state index contributed by atoms with van der Waals surface area (Å²) < 4.78 is 86.9. The van der Waals surface area contributed by atoms with Crippen LogP contribution in [0.25, 0.3) is 0 Å². The molecule has 107 valence electrons. The Kier molecular flexibility index (Phi) is 6.03. The fraction of sp³-hybridized carbons (Fsp3) is 0.700. The second-order valence-corrected chi connectivity index (χ2v) is 4.61. The molecule has 0 fully saturated rings. The fourth-order valence-corrected chi connectivity index (χ4v) is 1.66. The van der Waals surface area contributed by atoms with E-state index in [2.05, 4.69) is 6.92 Å². The first-order valence-electron chi connectivity index (χ1n) is 4.85. The van der Waals surface area contributed by atoms with Gasteiger partial charge in [0.2, 0.25) is 0 Å². The van der Waals surface area contributed by atoms with Crippen LogP contribution in [0.5, 0.6) is 0 Å². The number of allylic oxidation sites excluding steroid dienone is 1. The molecule has 0 unspecified atom stereocenters. The van der Waals surface area contributed by atoms with Crippen molar-refractivity contribution in [3.63, 3.8) is 0 Å². The van der Waals surface area contributed by atoms with Crippen LogP contribution >= 0.6 is 11.8 Å². The molecular weight excluding hydrogens is 285 g/mol. The molecule has 8 heteroatoms. The number of hydrogen-bond acceptors (Lipinski definition) is 1. The van der Waals surface area contributed by atoms with Crippen molar-refractivity contribution in [1.29, 1.82) is 0 Å². The summed E-state index contributed by atoms with van der Waals surface area (Å²) in [6.07, 6.45) is -5.10. The van der Waals surface area contributed by atoms with Crippen LogP contribution in [0.3, 0.4) is 0 Å². The van der Waals surface area contributed by atoms with Crippen LogP contribution in [-0.4, -0.2) is 29.5 Å². The van der Waals surface area contributed by atoms with Gasteiger partial charge in [0.15, 0.2) is 0 Å². The van der Waals surface area contributed by atoms with E-state index in [0.717, 1.165) is 11.8 Å². The Hall–Kier alpha value is -0.400. The molecule has 0 aromatic heterocycles. The highest BCUT2D eigenvalue weighted by Crippen LogP contribution is 2.49. The van der Waals surface area contributed by atoms with Crippen LogP contribution < -0.4 is 0 Å². The molecule has 1 radical (unpaired) electrons. The number of alkyl halides is 7. The Labute approximate surface area is 105 Å². The predicted octanol–water partition coefficient (Wildman–Crippen LogP) is 4.72. The Morgan fingerprint density at radius 2 is 1.61 bits per heavy atom. The first-order chi connectivity index (χ1) is 7.98. The first-order valence-corrected chi connectivity index (χ1v) is 6.00. The van der Waals surface area contributed by atoms with Gasteiger partial charge < -0.3 is 0 Å². The average molecular weight is 297 g/mol. The Balaban J connectivity index is 4.91. The van der Waals surface area contributed by atoms with Gasteiger partial charge in [-0.25, -0.2) is 0 Å². The van der Waals surface area contributed by atoms with E-state index in [9.17, 15) is 30.7 Å². The molecule has 0 heterocycles. The molecule has 0 aromatic carbocycles. The minimum absolute atomic E-state index is 0.0646. The SMILES string of the molecule is [CH2]CCSCC=C(C)C(F)(F)C(F)(F)C(F)(F)F. The van der Waals surface area contributed by atoms with Gasteiger partial charge >= 0.3 is 18.0 Å². The van der Waals surface area contributed by atoms with Gasteiger partial charge in [0.05, 0.1) is 0 Å². The monoisotopic (exact) mass is 297 g/mol. The zero-order valence-electron chi connectivity index (χ0n) is 9.46. The zero-order valence-corrected chi connectivity index (χ0v) is 10.3. The maximum Gasteiger partial charge on any atom is 0.460 e. The second-order valence-electron chi connectivity index (χ2n) is 3.46. The normalized spacial score (nSPS) is 15.1. The van der Waals surface area contributed by atoms with Crippen molar-refractivity contribution >= 4 is 11.8 Å². The highest BCUT2D eigenvalue weighted by molar-refractivity contribution is 7.99. The van der Waals surface area contributed by atoms with Gasteiger partial charge in [-0.05, 0) is 24.7 Å². The smallest absolute Gasteiger partial charge is 0.194 e. The second kappa shape index (κ2) is 6.16. The average Bonchev–Trinajstić information content (AvgIpc) is 2.22. The van der Waals surface area contributed by atoms with Gasteiger partial charge in [-0.3, -0.25) is 0 Å². The summed E-state index contributed by atoms with van der Waals surface area (Å²) in [4.78, 5) is 0. The molecule has 0 saturated carbocycles. The van der Waals surface area contributed by atoms with Crippen LogP contribution in [0, 0.1) is 6.92 Å². The molecule has 0 aliphatic heterocycles. The molecule has 0 rings (SSSR count). The molecule has 0 nitrogen and oxygen atoms in total. The Morgan fingerprint density at radius 1 is 1.11 bits per heavy atom. The molecule has 0 bridgehead atoms. The highest BCUT2D eigenvalue weighted by atomic mass is 32.2. The lowest BCUT2D eigenvalue weighted by Gasteiger charge is -2.28. The van der Waals surface area contributed by atoms with Crippen LogP contribution in [0.15, 0.2) is 11.6 Å². The molecule has 0 spiro atoms. The molecule has 0 N–H and O–H groups in total. The topological polar surface area (TPSA) is 0 Å². The molecule has 0 aliphatic rings. The summed E-state index contributed by atoms with van der Waals surface area (Å²) in [6.45, 7) is 4.02. The predicted molar refractivity (Wildman–Crippen MR) is 57.0 cm³/mol. The third-order valence-corrected chi connectivity index (χ3v) is 3.02. The van der Waals surface area contributed by atoms with Crippen LogP contribution in [0.2, 0.25) is 0 Å². The molecule has 0 aliphatic carbocycles. The minimum atomic E-state index is -6.29. The van der Waals surface area contributed by atoms with E-state index in [0.29, 0.717) is 25.2 Å². The highest BCUT2D eigenvalue weighted by Gasteiger charge is 2.73. The third-order valence-electron chi connectivity index (χ3n) is 2.04. The maximum absolute atomic E-state index is 13.0. The van der Waals surface area contributed by atoms with Gasteiger partial charge in [-0.15, -0.1) is 0 Å². The summed E-state index contributed by atoms with van der Waals surface area (Å²) in [5.74, 6) is -10.9. The Morgan fingerprint density at radius 3 is 2.00 bits per heavy atom. The number of rotatable bonds is 6.